The van der Waals surface area contributed by atoms with Gasteiger partial charge in [0.2, 0.25) is 0 Å². The molecule has 0 aromatic heterocycles. The lowest BCUT2D eigenvalue weighted by Crippen LogP contribution is -2.34. The third-order valence-electron chi connectivity index (χ3n) is 2.99. The van der Waals surface area contributed by atoms with E-state index in [4.69, 9.17) is 0 Å². The Morgan fingerprint density at radius 2 is 1.90 bits per heavy atom. The van der Waals surface area contributed by atoms with Gasteiger partial charge >= 0.3 is 0 Å². The number of rotatable bonds is 6. The molecule has 1 rings (SSSR count). The van der Waals surface area contributed by atoms with Crippen molar-refractivity contribution in [2.24, 2.45) is 5.41 Å². The fourth-order valence-electron chi connectivity index (χ4n) is 1.75. The molecular weight excluding hydrogens is 335 g/mol. The number of carbonyl (C=O) groups is 1. The number of nitrogens with one attached hydrogen (secondary N) is 1. The van der Waals surface area contributed by atoms with Crippen LogP contribution >= 0.6 is 15.9 Å². The highest BCUT2D eigenvalue weighted by Gasteiger charge is 2.22. The molecule has 20 heavy (non-hydrogen) atoms. The van der Waals surface area contributed by atoms with Crippen molar-refractivity contribution in [3.63, 3.8) is 0 Å². The Balaban J connectivity index is 2.71. The molecule has 0 unspecified atom stereocenters. The number of hydrogen-bond donors (Lipinski definition) is 1. The van der Waals surface area contributed by atoms with E-state index >= 15 is 0 Å². The summed E-state index contributed by atoms with van der Waals surface area (Å²) in [6, 6.07) is 1.68. The topological polar surface area (TPSA) is 29.1 Å². The summed E-state index contributed by atoms with van der Waals surface area (Å²) in [6.07, 6.45) is 1.82. The minimum Gasteiger partial charge on any atom is -0.351 e. The van der Waals surface area contributed by atoms with E-state index in [-0.39, 0.29) is 5.41 Å². The maximum atomic E-state index is 13.5. The van der Waals surface area contributed by atoms with Gasteiger partial charge in [-0.2, -0.15) is 0 Å². The number of halogens is 4. The highest BCUT2D eigenvalue weighted by Crippen LogP contribution is 2.22. The molecule has 0 atom stereocenters. The maximum Gasteiger partial charge on any atom is 0.254 e. The molecule has 0 bridgehead atoms. The van der Waals surface area contributed by atoms with Crippen LogP contribution in [0.2, 0.25) is 0 Å². The maximum absolute atomic E-state index is 13.5. The Hall–Kier alpha value is -1.04. The molecule has 6 heteroatoms. The van der Waals surface area contributed by atoms with Crippen molar-refractivity contribution < 1.29 is 18.0 Å². The van der Waals surface area contributed by atoms with Gasteiger partial charge in [0.1, 0.15) is 0 Å². The van der Waals surface area contributed by atoms with Crippen LogP contribution in [0.1, 0.15) is 37.0 Å². The van der Waals surface area contributed by atoms with Crippen molar-refractivity contribution in [3.8, 4) is 0 Å². The van der Waals surface area contributed by atoms with Gasteiger partial charge in [-0.25, -0.2) is 13.2 Å². The van der Waals surface area contributed by atoms with Crippen LogP contribution in [0.5, 0.6) is 0 Å². The number of carbonyl (C=O) groups excluding carboxylic acids is 1. The van der Waals surface area contributed by atoms with E-state index in [2.05, 4.69) is 21.2 Å². The number of amides is 1. The average molecular weight is 352 g/mol. The Morgan fingerprint density at radius 1 is 1.25 bits per heavy atom. The van der Waals surface area contributed by atoms with Crippen molar-refractivity contribution in [1.82, 2.24) is 5.32 Å². The molecule has 1 N–H and O–H groups in total. The summed E-state index contributed by atoms with van der Waals surface area (Å²) in [4.78, 5) is 11.8. The molecule has 0 saturated heterocycles. The standard InChI is InChI=1S/C14H17BrF3NO/c1-14(2,6-3-7-15)8-19-13(20)9-4-5-10(16)12(18)11(9)17/h4-5H,3,6-8H2,1-2H3,(H,19,20). The molecule has 1 aromatic rings. The van der Waals surface area contributed by atoms with E-state index in [0.29, 0.717) is 6.54 Å². The van der Waals surface area contributed by atoms with E-state index in [1.165, 1.54) is 0 Å². The fourth-order valence-corrected chi connectivity index (χ4v) is 2.03. The van der Waals surface area contributed by atoms with Gasteiger partial charge in [-0.05, 0) is 30.4 Å². The molecule has 0 fully saturated rings. The van der Waals surface area contributed by atoms with E-state index in [1.807, 2.05) is 13.8 Å². The van der Waals surface area contributed by atoms with Gasteiger partial charge in [0.05, 0.1) is 5.56 Å². The first-order chi connectivity index (χ1) is 9.28. The smallest absolute Gasteiger partial charge is 0.254 e. The van der Waals surface area contributed by atoms with Crippen molar-refractivity contribution >= 4 is 21.8 Å². The summed E-state index contributed by atoms with van der Waals surface area (Å²) >= 11 is 3.33. The quantitative estimate of drug-likeness (QED) is 0.608. The van der Waals surface area contributed by atoms with E-state index in [1.54, 1.807) is 0 Å². The van der Waals surface area contributed by atoms with Crippen LogP contribution in [0.25, 0.3) is 0 Å². The van der Waals surface area contributed by atoms with Gasteiger partial charge in [-0.1, -0.05) is 29.8 Å². The van der Waals surface area contributed by atoms with Crippen molar-refractivity contribution in [2.45, 2.75) is 26.7 Å². The monoisotopic (exact) mass is 351 g/mol. The fraction of sp³-hybridized carbons (Fsp3) is 0.500. The predicted molar refractivity (Wildman–Crippen MR) is 75.5 cm³/mol. The molecule has 0 spiro atoms. The Labute approximate surface area is 124 Å². The van der Waals surface area contributed by atoms with E-state index < -0.39 is 28.9 Å². The van der Waals surface area contributed by atoms with E-state index in [9.17, 15) is 18.0 Å². The summed E-state index contributed by atoms with van der Waals surface area (Å²) in [5.74, 6) is -5.14. The highest BCUT2D eigenvalue weighted by atomic mass is 79.9. The second kappa shape index (κ2) is 7.11. The van der Waals surface area contributed by atoms with Crippen LogP contribution in [0.3, 0.4) is 0 Å². The van der Waals surface area contributed by atoms with Gasteiger partial charge in [0.15, 0.2) is 17.5 Å². The van der Waals surface area contributed by atoms with Crippen molar-refractivity contribution in [3.05, 3.63) is 35.1 Å². The van der Waals surface area contributed by atoms with Gasteiger partial charge in [-0.3, -0.25) is 4.79 Å². The Bertz CT molecular complexity index is 492. The molecule has 0 aliphatic heterocycles. The molecule has 2 nitrogen and oxygen atoms in total. The van der Waals surface area contributed by atoms with Gasteiger partial charge in [0.25, 0.3) is 5.91 Å². The highest BCUT2D eigenvalue weighted by molar-refractivity contribution is 9.09. The minimum atomic E-state index is -1.63. The first-order valence-corrected chi connectivity index (χ1v) is 7.38. The molecular formula is C14H17BrF3NO. The summed E-state index contributed by atoms with van der Waals surface area (Å²) in [7, 11) is 0. The molecule has 1 aromatic carbocycles. The SMILES string of the molecule is CC(C)(CCCBr)CNC(=O)c1ccc(F)c(F)c1F. The summed E-state index contributed by atoms with van der Waals surface area (Å²) in [6.45, 7) is 4.27. The Morgan fingerprint density at radius 3 is 2.50 bits per heavy atom. The Kier molecular flexibility index (Phi) is 6.05. The first kappa shape index (κ1) is 17.0. The lowest BCUT2D eigenvalue weighted by atomic mass is 9.88. The zero-order chi connectivity index (χ0) is 15.3. The predicted octanol–water partition coefficient (Wildman–Crippen LogP) is 4.04. The largest absolute Gasteiger partial charge is 0.351 e. The minimum absolute atomic E-state index is 0.154. The van der Waals surface area contributed by atoms with Gasteiger partial charge in [-0.15, -0.1) is 0 Å². The van der Waals surface area contributed by atoms with Crippen LogP contribution in [-0.2, 0) is 0 Å². The van der Waals surface area contributed by atoms with Crippen LogP contribution < -0.4 is 5.32 Å². The lowest BCUT2D eigenvalue weighted by Gasteiger charge is -2.24. The normalized spacial score (nSPS) is 11.5. The molecule has 0 heterocycles. The number of hydrogen-bond acceptors (Lipinski definition) is 1. The van der Waals surface area contributed by atoms with Crippen LogP contribution in [0.15, 0.2) is 12.1 Å². The van der Waals surface area contributed by atoms with Crippen LogP contribution in [0.4, 0.5) is 13.2 Å². The van der Waals surface area contributed by atoms with Crippen molar-refractivity contribution in [2.75, 3.05) is 11.9 Å². The first-order valence-electron chi connectivity index (χ1n) is 6.26. The molecule has 112 valence electrons. The summed E-state index contributed by atoms with van der Waals surface area (Å²) in [5.41, 5.74) is -0.640. The molecule has 0 saturated carbocycles. The summed E-state index contributed by atoms with van der Waals surface area (Å²) in [5, 5.41) is 3.42. The zero-order valence-electron chi connectivity index (χ0n) is 11.4. The van der Waals surface area contributed by atoms with Crippen LogP contribution in [-0.4, -0.2) is 17.8 Å². The number of alkyl halides is 1. The molecule has 0 aliphatic rings. The third kappa shape index (κ3) is 4.51. The molecule has 0 aliphatic carbocycles. The third-order valence-corrected chi connectivity index (χ3v) is 3.56. The second-order valence-electron chi connectivity index (χ2n) is 5.36. The van der Waals surface area contributed by atoms with Gasteiger partial charge < -0.3 is 5.32 Å². The average Bonchev–Trinajstić information content (AvgIpc) is 2.40. The van der Waals surface area contributed by atoms with Crippen LogP contribution in [0, 0.1) is 22.9 Å². The van der Waals surface area contributed by atoms with Gasteiger partial charge in [0, 0.05) is 11.9 Å². The lowest BCUT2D eigenvalue weighted by molar-refractivity contribution is 0.0929. The van der Waals surface area contributed by atoms with E-state index in [0.717, 1.165) is 30.3 Å². The zero-order valence-corrected chi connectivity index (χ0v) is 13.0. The molecule has 0 radical (unpaired) electrons. The molecule has 1 amide bonds. The number of benzene rings is 1. The second-order valence-corrected chi connectivity index (χ2v) is 6.16. The van der Waals surface area contributed by atoms with Crippen molar-refractivity contribution in [1.29, 1.82) is 0 Å². The summed E-state index contributed by atoms with van der Waals surface area (Å²) < 4.78 is 39.3.